The molecule has 0 spiro atoms. The van der Waals surface area contributed by atoms with Gasteiger partial charge in [-0.05, 0) is 83.6 Å². The number of aromatic nitrogens is 1. The third-order valence-electron chi connectivity index (χ3n) is 6.67. The summed E-state index contributed by atoms with van der Waals surface area (Å²) in [5.41, 5.74) is 4.40. The van der Waals surface area contributed by atoms with Gasteiger partial charge in [0.2, 0.25) is 15.9 Å². The maximum atomic E-state index is 13.6. The molecule has 34 heavy (non-hydrogen) atoms. The second-order valence-electron chi connectivity index (χ2n) is 10.0. The van der Waals surface area contributed by atoms with Gasteiger partial charge < -0.3 is 9.84 Å². The van der Waals surface area contributed by atoms with Gasteiger partial charge in [-0.15, -0.1) is 0 Å². The molecule has 1 fully saturated rings. The topological polar surface area (TPSA) is 92.5 Å². The van der Waals surface area contributed by atoms with Gasteiger partial charge in [-0.25, -0.2) is 8.42 Å². The van der Waals surface area contributed by atoms with Crippen LogP contribution in [-0.4, -0.2) is 42.4 Å². The molecule has 2 aromatic rings. The van der Waals surface area contributed by atoms with Gasteiger partial charge in [-0.3, -0.25) is 4.79 Å². The zero-order valence-electron chi connectivity index (χ0n) is 21.4. The van der Waals surface area contributed by atoms with Crippen LogP contribution in [0.1, 0.15) is 73.7 Å². The summed E-state index contributed by atoms with van der Waals surface area (Å²) in [6.07, 6.45) is 5.64. The van der Waals surface area contributed by atoms with E-state index in [-0.39, 0.29) is 34.6 Å². The molecular formula is C26H37N3O4S. The van der Waals surface area contributed by atoms with Gasteiger partial charge in [-0.1, -0.05) is 35.9 Å². The number of nitrogens with zero attached hydrogens (tertiary/aromatic N) is 2. The molecule has 1 aliphatic rings. The number of nitrogens with one attached hydrogen (secondary N) is 1. The summed E-state index contributed by atoms with van der Waals surface area (Å²) in [5.74, 6) is -0.277. The minimum Gasteiger partial charge on any atom is -0.355 e. The summed E-state index contributed by atoms with van der Waals surface area (Å²) in [5, 5.41) is 7.01. The van der Waals surface area contributed by atoms with Crippen molar-refractivity contribution in [2.24, 2.45) is 5.92 Å². The Balaban J connectivity index is 1.88. The lowest BCUT2D eigenvalue weighted by Crippen LogP contribution is -2.50. The van der Waals surface area contributed by atoms with Crippen molar-refractivity contribution in [3.63, 3.8) is 0 Å². The number of benzene rings is 1. The van der Waals surface area contributed by atoms with Crippen molar-refractivity contribution < 1.29 is 17.7 Å². The van der Waals surface area contributed by atoms with Gasteiger partial charge in [0.1, 0.15) is 5.69 Å². The molecule has 0 saturated carbocycles. The van der Waals surface area contributed by atoms with Gasteiger partial charge in [0.15, 0.2) is 10.7 Å². The molecule has 3 rings (SSSR count). The van der Waals surface area contributed by atoms with Crippen molar-refractivity contribution in [3.05, 3.63) is 45.8 Å². The van der Waals surface area contributed by atoms with Crippen molar-refractivity contribution in [1.82, 2.24) is 14.8 Å². The maximum absolute atomic E-state index is 13.6. The molecule has 1 N–H and O–H groups in total. The number of aryl methyl sites for hydroxylation is 4. The van der Waals surface area contributed by atoms with Crippen LogP contribution in [0.15, 0.2) is 21.6 Å². The quantitative estimate of drug-likeness (QED) is 0.606. The molecule has 8 heteroatoms. The van der Waals surface area contributed by atoms with Crippen molar-refractivity contribution in [2.45, 2.75) is 78.2 Å². The van der Waals surface area contributed by atoms with E-state index in [1.807, 2.05) is 47.6 Å². The number of carbonyl (C=O) groups excluding carboxylic acids is 1. The number of carbonyl (C=O) groups is 1. The summed E-state index contributed by atoms with van der Waals surface area (Å²) in [7, 11) is -3.88. The summed E-state index contributed by atoms with van der Waals surface area (Å²) in [6.45, 7) is 14.2. The van der Waals surface area contributed by atoms with Crippen molar-refractivity contribution in [3.8, 4) is 0 Å². The molecule has 186 valence electrons. The second kappa shape index (κ2) is 10.0. The predicted octanol–water partition coefficient (Wildman–Crippen LogP) is 4.78. The van der Waals surface area contributed by atoms with Crippen LogP contribution in [0.2, 0.25) is 0 Å². The Morgan fingerprint density at radius 2 is 1.85 bits per heavy atom. The molecule has 1 aromatic heterocycles. The van der Waals surface area contributed by atoms with Gasteiger partial charge in [-0.2, -0.15) is 4.31 Å². The molecule has 1 atom stereocenters. The predicted molar refractivity (Wildman–Crippen MR) is 135 cm³/mol. The van der Waals surface area contributed by atoms with Crippen LogP contribution in [0.25, 0.3) is 12.2 Å². The number of piperidine rings is 1. The average molecular weight is 488 g/mol. The van der Waals surface area contributed by atoms with Crippen LogP contribution in [0.3, 0.4) is 0 Å². The Hall–Kier alpha value is -2.45. The molecule has 0 radical (unpaired) electrons. The Morgan fingerprint density at radius 3 is 2.47 bits per heavy atom. The first-order valence-corrected chi connectivity index (χ1v) is 13.3. The Bertz CT molecular complexity index is 1170. The fourth-order valence-electron chi connectivity index (χ4n) is 4.44. The number of hydrogen-bond acceptors (Lipinski definition) is 5. The lowest BCUT2D eigenvalue weighted by Gasteiger charge is -2.33. The highest BCUT2D eigenvalue weighted by Crippen LogP contribution is 2.30. The SMILES string of the molecule is CCC(C)(C)NC(=O)[C@@H]1CCCN(S(=O)(=O)c2c(C)noc2/C=C/c2c(C)cc(C)cc2C)C1. The van der Waals surface area contributed by atoms with Crippen LogP contribution in [0.5, 0.6) is 0 Å². The smallest absolute Gasteiger partial charge is 0.248 e. The van der Waals surface area contributed by atoms with Crippen LogP contribution in [-0.2, 0) is 14.8 Å². The first kappa shape index (κ1) is 26.2. The molecule has 1 amide bonds. The zero-order valence-corrected chi connectivity index (χ0v) is 22.2. The number of rotatable bonds is 7. The average Bonchev–Trinajstić information content (AvgIpc) is 3.14. The third-order valence-corrected chi connectivity index (χ3v) is 8.69. The first-order valence-electron chi connectivity index (χ1n) is 11.9. The van der Waals surface area contributed by atoms with Crippen molar-refractivity contribution in [2.75, 3.05) is 13.1 Å². The van der Waals surface area contributed by atoms with Crippen LogP contribution in [0, 0.1) is 33.6 Å². The van der Waals surface area contributed by atoms with Gasteiger partial charge in [0, 0.05) is 18.6 Å². The molecule has 1 aliphatic heterocycles. The first-order chi connectivity index (χ1) is 15.9. The highest BCUT2D eigenvalue weighted by atomic mass is 32.2. The summed E-state index contributed by atoms with van der Waals surface area (Å²) in [4.78, 5) is 12.9. The molecular weight excluding hydrogens is 450 g/mol. The van der Waals surface area contributed by atoms with Crippen LogP contribution >= 0.6 is 0 Å². The Kier molecular flexibility index (Phi) is 7.72. The summed E-state index contributed by atoms with van der Waals surface area (Å²) < 4.78 is 34.1. The molecule has 2 heterocycles. The van der Waals surface area contributed by atoms with Crippen molar-refractivity contribution in [1.29, 1.82) is 0 Å². The minimum absolute atomic E-state index is 0.0705. The molecule has 1 saturated heterocycles. The molecule has 0 bridgehead atoms. The monoisotopic (exact) mass is 487 g/mol. The lowest BCUT2D eigenvalue weighted by molar-refractivity contribution is -0.127. The lowest BCUT2D eigenvalue weighted by atomic mass is 9.95. The van der Waals surface area contributed by atoms with Gasteiger partial charge in [0.25, 0.3) is 0 Å². The van der Waals surface area contributed by atoms with E-state index in [1.54, 1.807) is 13.0 Å². The fourth-order valence-corrected chi connectivity index (χ4v) is 6.21. The minimum atomic E-state index is -3.88. The largest absolute Gasteiger partial charge is 0.355 e. The van der Waals surface area contributed by atoms with E-state index in [4.69, 9.17) is 4.52 Å². The van der Waals surface area contributed by atoms with Crippen LogP contribution in [0.4, 0.5) is 0 Å². The van der Waals surface area contributed by atoms with E-state index >= 15 is 0 Å². The van der Waals surface area contributed by atoms with E-state index in [2.05, 4.69) is 22.6 Å². The highest BCUT2D eigenvalue weighted by molar-refractivity contribution is 7.89. The van der Waals surface area contributed by atoms with Crippen molar-refractivity contribution >= 4 is 28.1 Å². The normalized spacial score (nSPS) is 17.9. The summed E-state index contributed by atoms with van der Waals surface area (Å²) >= 11 is 0. The molecule has 0 aliphatic carbocycles. The molecule has 0 unspecified atom stereocenters. The van der Waals surface area contributed by atoms with E-state index in [9.17, 15) is 13.2 Å². The molecule has 7 nitrogen and oxygen atoms in total. The van der Waals surface area contributed by atoms with E-state index in [1.165, 1.54) is 9.87 Å². The highest BCUT2D eigenvalue weighted by Gasteiger charge is 2.37. The standard InChI is InChI=1S/C26H37N3O4S/c1-8-26(6,7)27-25(30)21-10-9-13-29(16-21)34(31,32)24-20(5)28-33-23(24)12-11-22-18(3)14-17(2)15-19(22)4/h11-12,14-15,21H,8-10,13,16H2,1-7H3,(H,27,30)/b12-11+/t21-/m1/s1. The Labute approximate surface area is 203 Å². The number of sulfonamides is 1. The van der Waals surface area contributed by atoms with E-state index in [0.717, 1.165) is 23.1 Å². The molecule has 1 aromatic carbocycles. The van der Waals surface area contributed by atoms with E-state index in [0.29, 0.717) is 25.1 Å². The van der Waals surface area contributed by atoms with E-state index < -0.39 is 10.0 Å². The third kappa shape index (κ3) is 5.61. The van der Waals surface area contributed by atoms with Gasteiger partial charge in [0.05, 0.1) is 5.92 Å². The zero-order chi connectivity index (χ0) is 25.3. The summed E-state index contributed by atoms with van der Waals surface area (Å²) in [6, 6.07) is 4.18. The number of hydrogen-bond donors (Lipinski definition) is 1. The maximum Gasteiger partial charge on any atom is 0.248 e. The fraction of sp³-hybridized carbons (Fsp3) is 0.538. The van der Waals surface area contributed by atoms with Gasteiger partial charge >= 0.3 is 0 Å². The number of amides is 1. The second-order valence-corrected chi connectivity index (χ2v) is 11.9. The Morgan fingerprint density at radius 1 is 1.21 bits per heavy atom. The van der Waals surface area contributed by atoms with Crippen LogP contribution < -0.4 is 5.32 Å².